The van der Waals surface area contributed by atoms with E-state index in [0.717, 1.165) is 162 Å². The molecule has 0 radical (unpaired) electrons. The highest BCUT2D eigenvalue weighted by Gasteiger charge is 2.09. The summed E-state index contributed by atoms with van der Waals surface area (Å²) in [5.41, 5.74) is 2.67. The molecule has 0 atom stereocenters. The predicted octanol–water partition coefficient (Wildman–Crippen LogP) is 1.48. The van der Waals surface area contributed by atoms with Crippen LogP contribution in [0.3, 0.4) is 0 Å². The van der Waals surface area contributed by atoms with Crippen molar-refractivity contribution in [3.8, 4) is 11.5 Å². The van der Waals surface area contributed by atoms with E-state index in [-0.39, 0.29) is 0 Å². The van der Waals surface area contributed by atoms with Crippen LogP contribution in [0.4, 0.5) is 0 Å². The molecule has 10 nitrogen and oxygen atoms in total. The fourth-order valence-electron chi connectivity index (χ4n) is 5.61. The van der Waals surface area contributed by atoms with Crippen molar-refractivity contribution in [2.24, 2.45) is 0 Å². The second-order valence-corrected chi connectivity index (χ2v) is 12.1. The summed E-state index contributed by atoms with van der Waals surface area (Å²) in [4.78, 5) is 5.05. The Labute approximate surface area is 272 Å². The Morgan fingerprint density at radius 1 is 0.400 bits per heavy atom. The van der Waals surface area contributed by atoms with Crippen molar-refractivity contribution in [2.45, 2.75) is 32.4 Å². The summed E-state index contributed by atoms with van der Waals surface area (Å²) in [6, 6.07) is 17.3. The van der Waals surface area contributed by atoms with Gasteiger partial charge in [-0.1, -0.05) is 24.3 Å². The standard InChI is InChI=1S/C35H60N8O2/c1(2-28-44-34-8-4-32(5-9-34)30-42-24-20-38-16-12-36-13-17-39-21-25-42)3-29-45-35-10-6-33(7-11-35)31-43-26-22-40-18-14-37-15-19-41-23-27-43/h4-11,36-41H,1-3,12-31H2. The monoisotopic (exact) mass is 624 g/mol. The van der Waals surface area contributed by atoms with Crippen LogP contribution in [0.5, 0.6) is 11.5 Å². The third-order valence-corrected chi connectivity index (χ3v) is 8.32. The topological polar surface area (TPSA) is 97.1 Å². The summed E-state index contributed by atoms with van der Waals surface area (Å²) in [6.07, 6.45) is 3.16. The van der Waals surface area contributed by atoms with E-state index in [1.54, 1.807) is 0 Å². The smallest absolute Gasteiger partial charge is 0.119 e. The number of hydrogen-bond acceptors (Lipinski definition) is 10. The minimum Gasteiger partial charge on any atom is -0.494 e. The van der Waals surface area contributed by atoms with Gasteiger partial charge in [-0.3, -0.25) is 9.80 Å². The minimum atomic E-state index is 0.741. The summed E-state index contributed by atoms with van der Waals surface area (Å²) < 4.78 is 12.1. The molecule has 0 saturated carbocycles. The molecule has 0 amide bonds. The molecule has 0 aliphatic carbocycles. The van der Waals surface area contributed by atoms with E-state index in [2.05, 4.69) is 90.2 Å². The van der Waals surface area contributed by atoms with Gasteiger partial charge in [0.1, 0.15) is 11.5 Å². The quantitative estimate of drug-likeness (QED) is 0.195. The van der Waals surface area contributed by atoms with Gasteiger partial charge in [0.2, 0.25) is 0 Å². The van der Waals surface area contributed by atoms with Crippen molar-refractivity contribution in [1.29, 1.82) is 0 Å². The number of ether oxygens (including phenoxy) is 2. The highest BCUT2D eigenvalue weighted by Crippen LogP contribution is 2.16. The molecule has 6 N–H and O–H groups in total. The van der Waals surface area contributed by atoms with E-state index < -0.39 is 0 Å². The highest BCUT2D eigenvalue weighted by atomic mass is 16.5. The van der Waals surface area contributed by atoms with Crippen molar-refractivity contribution in [1.82, 2.24) is 41.7 Å². The van der Waals surface area contributed by atoms with Crippen LogP contribution in [-0.2, 0) is 13.1 Å². The number of rotatable bonds is 12. The largest absolute Gasteiger partial charge is 0.494 e. The van der Waals surface area contributed by atoms with Crippen LogP contribution in [0.15, 0.2) is 48.5 Å². The third-order valence-electron chi connectivity index (χ3n) is 8.32. The second kappa shape index (κ2) is 23.1. The molecule has 0 unspecified atom stereocenters. The average Bonchev–Trinajstić information content (AvgIpc) is 3.04. The van der Waals surface area contributed by atoms with Gasteiger partial charge < -0.3 is 41.4 Å². The van der Waals surface area contributed by atoms with E-state index in [9.17, 15) is 0 Å². The molecule has 2 saturated heterocycles. The number of unbranched alkanes of at least 4 members (excludes halogenated alkanes) is 2. The first-order valence-corrected chi connectivity index (χ1v) is 17.5. The lowest BCUT2D eigenvalue weighted by molar-refractivity contribution is 0.262. The Morgan fingerprint density at radius 2 is 0.711 bits per heavy atom. The molecule has 2 heterocycles. The number of benzene rings is 2. The van der Waals surface area contributed by atoms with Crippen LogP contribution in [0, 0.1) is 0 Å². The third kappa shape index (κ3) is 16.2. The normalized spacial score (nSPS) is 19.4. The Bertz CT molecular complexity index is 891. The first kappa shape index (κ1) is 35.6. The lowest BCUT2D eigenvalue weighted by Gasteiger charge is -2.24. The average molecular weight is 625 g/mol. The van der Waals surface area contributed by atoms with Gasteiger partial charge in [0.05, 0.1) is 13.2 Å². The summed E-state index contributed by atoms with van der Waals surface area (Å²) in [5.74, 6) is 1.91. The summed E-state index contributed by atoms with van der Waals surface area (Å²) >= 11 is 0. The van der Waals surface area contributed by atoms with Gasteiger partial charge in [0.25, 0.3) is 0 Å². The maximum atomic E-state index is 6.03. The number of nitrogens with zero attached hydrogens (tertiary/aromatic N) is 2. The molecule has 2 aromatic rings. The van der Waals surface area contributed by atoms with Crippen LogP contribution in [-0.4, -0.2) is 128 Å². The molecule has 0 aromatic heterocycles. The van der Waals surface area contributed by atoms with E-state index in [4.69, 9.17) is 9.47 Å². The van der Waals surface area contributed by atoms with E-state index >= 15 is 0 Å². The van der Waals surface area contributed by atoms with Crippen molar-refractivity contribution in [3.05, 3.63) is 59.7 Å². The molecule has 2 fully saturated rings. The zero-order valence-corrected chi connectivity index (χ0v) is 27.6. The lowest BCUT2D eigenvalue weighted by atomic mass is 10.2. The minimum absolute atomic E-state index is 0.741. The maximum absolute atomic E-state index is 6.03. The van der Waals surface area contributed by atoms with Gasteiger partial charge in [0.15, 0.2) is 0 Å². The number of hydrogen-bond donors (Lipinski definition) is 6. The Kier molecular flexibility index (Phi) is 18.3. The molecule has 2 aromatic carbocycles. The molecular weight excluding hydrogens is 564 g/mol. The summed E-state index contributed by atoms with van der Waals surface area (Å²) in [6.45, 7) is 19.9. The molecular formula is C35H60N8O2. The summed E-state index contributed by atoms with van der Waals surface area (Å²) in [5, 5.41) is 21.1. The van der Waals surface area contributed by atoms with Gasteiger partial charge in [-0.15, -0.1) is 0 Å². The molecule has 0 bridgehead atoms. The van der Waals surface area contributed by atoms with Crippen LogP contribution >= 0.6 is 0 Å². The number of nitrogens with one attached hydrogen (secondary N) is 6. The van der Waals surface area contributed by atoms with Gasteiger partial charge in [-0.25, -0.2) is 0 Å². The Hall–Kier alpha value is -2.28. The molecule has 252 valence electrons. The van der Waals surface area contributed by atoms with Gasteiger partial charge in [-0.05, 0) is 54.7 Å². The summed E-state index contributed by atoms with van der Waals surface area (Å²) in [7, 11) is 0. The van der Waals surface area contributed by atoms with Crippen molar-refractivity contribution in [2.75, 3.05) is 118 Å². The van der Waals surface area contributed by atoms with Crippen LogP contribution in [0.1, 0.15) is 30.4 Å². The SMILES string of the molecule is c1cc(OCCCCCOc2ccc(CN3CCNCCNCCNCC3)cc2)ccc1CN1CCNCCNCCNCC1. The Morgan fingerprint density at radius 3 is 1.04 bits per heavy atom. The molecule has 0 spiro atoms. The van der Waals surface area contributed by atoms with Crippen LogP contribution < -0.4 is 41.4 Å². The fourth-order valence-corrected chi connectivity index (χ4v) is 5.61. The van der Waals surface area contributed by atoms with E-state index in [1.165, 1.54) is 11.1 Å². The van der Waals surface area contributed by atoms with Crippen molar-refractivity contribution < 1.29 is 9.47 Å². The molecule has 2 aliphatic rings. The molecule has 2 aliphatic heterocycles. The van der Waals surface area contributed by atoms with Gasteiger partial charge in [-0.2, -0.15) is 0 Å². The van der Waals surface area contributed by atoms with Gasteiger partial charge >= 0.3 is 0 Å². The second-order valence-electron chi connectivity index (χ2n) is 12.1. The zero-order valence-electron chi connectivity index (χ0n) is 27.6. The first-order chi connectivity index (χ1) is 22.3. The molecule has 10 heteroatoms. The van der Waals surface area contributed by atoms with Crippen LogP contribution in [0.2, 0.25) is 0 Å². The van der Waals surface area contributed by atoms with Gasteiger partial charge in [0, 0.05) is 118 Å². The lowest BCUT2D eigenvalue weighted by Crippen LogP contribution is -2.41. The fraction of sp³-hybridized carbons (Fsp3) is 0.657. The maximum Gasteiger partial charge on any atom is 0.119 e. The Balaban J connectivity index is 1.05. The van der Waals surface area contributed by atoms with E-state index in [0.29, 0.717) is 0 Å². The zero-order chi connectivity index (χ0) is 31.0. The van der Waals surface area contributed by atoms with Crippen LogP contribution in [0.25, 0.3) is 0 Å². The van der Waals surface area contributed by atoms with Crippen molar-refractivity contribution >= 4 is 0 Å². The molecule has 45 heavy (non-hydrogen) atoms. The first-order valence-electron chi connectivity index (χ1n) is 17.5. The highest BCUT2D eigenvalue weighted by molar-refractivity contribution is 5.28. The predicted molar refractivity (Wildman–Crippen MR) is 185 cm³/mol. The van der Waals surface area contributed by atoms with Crippen molar-refractivity contribution in [3.63, 3.8) is 0 Å². The molecule has 4 rings (SSSR count). The van der Waals surface area contributed by atoms with E-state index in [1.807, 2.05) is 0 Å².